The van der Waals surface area contributed by atoms with Crippen LogP contribution in [-0.2, 0) is 4.74 Å². The predicted octanol–water partition coefficient (Wildman–Crippen LogP) is 4.12. The Kier molecular flexibility index (Phi) is 2.56. The first-order chi connectivity index (χ1) is 9.06. The molecule has 3 nitrogen and oxygen atoms in total. The molecule has 0 saturated carbocycles. The van der Waals surface area contributed by atoms with Gasteiger partial charge in [0.15, 0.2) is 0 Å². The smallest absolute Gasteiger partial charge is 0.206 e. The normalized spacial score (nSPS) is 17.2. The van der Waals surface area contributed by atoms with Crippen molar-refractivity contribution in [3.05, 3.63) is 54.3 Å². The van der Waals surface area contributed by atoms with Gasteiger partial charge in [-0.2, -0.15) is 0 Å². The summed E-state index contributed by atoms with van der Waals surface area (Å²) in [4.78, 5) is 0. The van der Waals surface area contributed by atoms with Crippen LogP contribution >= 0.6 is 0 Å². The highest BCUT2D eigenvalue weighted by Crippen LogP contribution is 2.37. The first-order valence-corrected chi connectivity index (χ1v) is 6.20. The number of hydrogen-bond donors (Lipinski definition) is 1. The van der Waals surface area contributed by atoms with Crippen LogP contribution in [-0.4, -0.2) is 11.5 Å². The van der Waals surface area contributed by atoms with Crippen LogP contribution in [0.4, 0.5) is 0 Å². The molecule has 1 aliphatic rings. The predicted molar refractivity (Wildman–Crippen MR) is 75.0 cm³/mol. The second kappa shape index (κ2) is 4.12. The molecule has 2 heterocycles. The molecule has 1 aromatic heterocycles. The summed E-state index contributed by atoms with van der Waals surface area (Å²) >= 11 is 0. The molecule has 0 bridgehead atoms. The zero-order valence-electron chi connectivity index (χ0n) is 10.9. The van der Waals surface area contributed by atoms with Crippen LogP contribution in [0, 0.1) is 5.41 Å². The Bertz CT molecular complexity index is 650. The van der Waals surface area contributed by atoms with Crippen molar-refractivity contribution in [2.45, 2.75) is 19.4 Å². The topological polar surface area (TPSA) is 46.2 Å². The molecular formula is C16H15NO2. The van der Waals surface area contributed by atoms with Crippen molar-refractivity contribution in [1.29, 1.82) is 5.41 Å². The third-order valence-electron chi connectivity index (χ3n) is 3.26. The Morgan fingerprint density at radius 3 is 2.42 bits per heavy atom. The van der Waals surface area contributed by atoms with Crippen LogP contribution in [0.1, 0.15) is 19.4 Å². The number of benzene rings is 1. The van der Waals surface area contributed by atoms with Crippen molar-refractivity contribution in [1.82, 2.24) is 0 Å². The lowest BCUT2D eigenvalue weighted by Crippen LogP contribution is -2.21. The summed E-state index contributed by atoms with van der Waals surface area (Å²) in [5.74, 6) is 1.02. The molecule has 0 aliphatic carbocycles. The van der Waals surface area contributed by atoms with E-state index in [0.717, 1.165) is 22.5 Å². The minimum atomic E-state index is -0.477. The fourth-order valence-corrected chi connectivity index (χ4v) is 2.33. The minimum absolute atomic E-state index is 0.197. The van der Waals surface area contributed by atoms with E-state index in [9.17, 15) is 0 Å². The van der Waals surface area contributed by atoms with Gasteiger partial charge in [0.2, 0.25) is 5.90 Å². The molecule has 3 rings (SSSR count). The van der Waals surface area contributed by atoms with E-state index in [1.54, 1.807) is 12.3 Å². The summed E-state index contributed by atoms with van der Waals surface area (Å²) in [7, 11) is 0. The van der Waals surface area contributed by atoms with Crippen molar-refractivity contribution in [3.63, 3.8) is 0 Å². The van der Waals surface area contributed by atoms with Crippen LogP contribution in [0.25, 0.3) is 16.9 Å². The molecule has 0 spiro atoms. The van der Waals surface area contributed by atoms with Gasteiger partial charge >= 0.3 is 0 Å². The van der Waals surface area contributed by atoms with Gasteiger partial charge in [-0.25, -0.2) is 0 Å². The lowest BCUT2D eigenvalue weighted by molar-refractivity contribution is 0.169. The molecule has 1 aliphatic heterocycles. The molecule has 0 fully saturated rings. The Hall–Kier alpha value is -2.29. The summed E-state index contributed by atoms with van der Waals surface area (Å²) in [5.41, 5.74) is 2.50. The average molecular weight is 253 g/mol. The van der Waals surface area contributed by atoms with E-state index in [1.807, 2.05) is 50.2 Å². The van der Waals surface area contributed by atoms with Gasteiger partial charge in [0.25, 0.3) is 0 Å². The summed E-state index contributed by atoms with van der Waals surface area (Å²) in [6.45, 7) is 3.91. The fraction of sp³-hybridized carbons (Fsp3) is 0.188. The van der Waals surface area contributed by atoms with Gasteiger partial charge in [-0.1, -0.05) is 30.3 Å². The van der Waals surface area contributed by atoms with Crippen molar-refractivity contribution < 1.29 is 9.15 Å². The highest BCUT2D eigenvalue weighted by atomic mass is 16.5. The number of rotatable bonds is 2. The number of furan rings is 1. The van der Waals surface area contributed by atoms with E-state index in [0.29, 0.717) is 0 Å². The standard InChI is InChI=1S/C16H15NO2/c1-16(2)13(9-15(17)19-16)12-8-14(18-10-12)11-6-4-3-5-7-11/h3-10,17H,1-2H3. The second-order valence-electron chi connectivity index (χ2n) is 5.10. The Morgan fingerprint density at radius 2 is 1.79 bits per heavy atom. The summed E-state index contributed by atoms with van der Waals surface area (Å²) < 4.78 is 11.1. The van der Waals surface area contributed by atoms with Gasteiger partial charge < -0.3 is 9.15 Å². The van der Waals surface area contributed by atoms with Gasteiger partial charge in [0, 0.05) is 22.8 Å². The maximum Gasteiger partial charge on any atom is 0.206 e. The highest BCUT2D eigenvalue weighted by Gasteiger charge is 2.34. The van der Waals surface area contributed by atoms with Gasteiger partial charge in [-0.05, 0) is 19.9 Å². The molecule has 0 saturated heterocycles. The molecule has 0 radical (unpaired) electrons. The first kappa shape index (κ1) is 11.8. The third kappa shape index (κ3) is 2.08. The molecular weight excluding hydrogens is 238 g/mol. The van der Waals surface area contributed by atoms with Gasteiger partial charge in [0.05, 0.1) is 6.26 Å². The van der Waals surface area contributed by atoms with Crippen molar-refractivity contribution in [2.24, 2.45) is 0 Å². The summed E-state index contributed by atoms with van der Waals surface area (Å²) in [6.07, 6.45) is 3.47. The van der Waals surface area contributed by atoms with Crippen LogP contribution in [0.2, 0.25) is 0 Å². The number of ether oxygens (including phenoxy) is 1. The van der Waals surface area contributed by atoms with E-state index in [1.165, 1.54) is 0 Å². The Labute approximate surface area is 112 Å². The van der Waals surface area contributed by atoms with E-state index in [4.69, 9.17) is 14.6 Å². The van der Waals surface area contributed by atoms with E-state index >= 15 is 0 Å². The lowest BCUT2D eigenvalue weighted by atomic mass is 9.94. The minimum Gasteiger partial charge on any atom is -0.467 e. The average Bonchev–Trinajstić information content (AvgIpc) is 2.94. The van der Waals surface area contributed by atoms with Crippen molar-refractivity contribution >= 4 is 11.5 Å². The molecule has 1 N–H and O–H groups in total. The molecule has 2 aromatic rings. The number of nitrogens with one attached hydrogen (secondary N) is 1. The van der Waals surface area contributed by atoms with Crippen molar-refractivity contribution in [2.75, 3.05) is 0 Å². The lowest BCUT2D eigenvalue weighted by Gasteiger charge is -2.21. The zero-order chi connectivity index (χ0) is 13.5. The van der Waals surface area contributed by atoms with Crippen molar-refractivity contribution in [3.8, 4) is 11.3 Å². The SMILES string of the molecule is CC1(C)OC(=N)C=C1c1coc(-c2ccccc2)c1. The monoisotopic (exact) mass is 253 g/mol. The summed E-state index contributed by atoms with van der Waals surface area (Å²) in [6, 6.07) is 11.9. The Morgan fingerprint density at radius 1 is 1.05 bits per heavy atom. The molecule has 19 heavy (non-hydrogen) atoms. The maximum absolute atomic E-state index is 7.63. The second-order valence-corrected chi connectivity index (χ2v) is 5.10. The fourth-order valence-electron chi connectivity index (χ4n) is 2.33. The van der Waals surface area contributed by atoms with Crippen LogP contribution in [0.5, 0.6) is 0 Å². The van der Waals surface area contributed by atoms with E-state index < -0.39 is 5.60 Å². The number of hydrogen-bond acceptors (Lipinski definition) is 3. The molecule has 3 heteroatoms. The van der Waals surface area contributed by atoms with Gasteiger partial charge in [-0.15, -0.1) is 0 Å². The Balaban J connectivity index is 1.99. The maximum atomic E-state index is 7.63. The molecule has 0 amide bonds. The molecule has 96 valence electrons. The molecule has 1 aromatic carbocycles. The third-order valence-corrected chi connectivity index (χ3v) is 3.26. The quantitative estimate of drug-likeness (QED) is 0.875. The summed E-state index contributed by atoms with van der Waals surface area (Å²) in [5, 5.41) is 7.63. The van der Waals surface area contributed by atoms with Crippen LogP contribution in [0.15, 0.2) is 53.2 Å². The zero-order valence-corrected chi connectivity index (χ0v) is 10.9. The first-order valence-electron chi connectivity index (χ1n) is 6.20. The van der Waals surface area contributed by atoms with Crippen LogP contribution in [0.3, 0.4) is 0 Å². The largest absolute Gasteiger partial charge is 0.467 e. The van der Waals surface area contributed by atoms with Gasteiger partial charge in [-0.3, -0.25) is 5.41 Å². The van der Waals surface area contributed by atoms with E-state index in [2.05, 4.69) is 0 Å². The molecule has 0 atom stereocenters. The van der Waals surface area contributed by atoms with Gasteiger partial charge in [0.1, 0.15) is 11.4 Å². The van der Waals surface area contributed by atoms with Crippen LogP contribution < -0.4 is 0 Å². The highest BCUT2D eigenvalue weighted by molar-refractivity contribution is 6.00. The van der Waals surface area contributed by atoms with E-state index in [-0.39, 0.29) is 5.90 Å². The molecule has 0 unspecified atom stereocenters.